The molecule has 2 amide bonds. The van der Waals surface area contributed by atoms with Gasteiger partial charge in [-0.3, -0.25) is 14.5 Å². The lowest BCUT2D eigenvalue weighted by atomic mass is 10.2. The van der Waals surface area contributed by atoms with Gasteiger partial charge < -0.3 is 9.80 Å². The Morgan fingerprint density at radius 2 is 2.16 bits per heavy atom. The second-order valence-corrected chi connectivity index (χ2v) is 7.31. The van der Waals surface area contributed by atoms with Crippen LogP contribution in [0.5, 0.6) is 0 Å². The number of thiophene rings is 1. The maximum Gasteiger partial charge on any atom is 0.299 e. The first-order valence-electron chi connectivity index (χ1n) is 8.24. The third-order valence-electron chi connectivity index (χ3n) is 4.01. The molecule has 5 nitrogen and oxygen atoms in total. The normalized spacial score (nSPS) is 16.9. The van der Waals surface area contributed by atoms with Crippen molar-refractivity contribution in [1.82, 2.24) is 9.80 Å². The largest absolute Gasteiger partial charge is 0.321 e. The fraction of sp³-hybridized carbons (Fsp3) is 0.368. The number of carbonyl (C=O) groups is 2. The summed E-state index contributed by atoms with van der Waals surface area (Å²) in [5.41, 5.74) is 1.22. The second kappa shape index (κ2) is 7.68. The molecule has 2 aliphatic rings. The topological polar surface area (TPSA) is 43.9 Å². The molecular weight excluding hydrogens is 334 g/mol. The Bertz CT molecular complexity index is 795. The first-order valence-corrected chi connectivity index (χ1v) is 9.06. The number of piperazine rings is 1. The lowest BCUT2D eigenvalue weighted by molar-refractivity contribution is -0.132. The van der Waals surface area contributed by atoms with E-state index in [0.717, 1.165) is 11.4 Å². The molecule has 1 aliphatic carbocycles. The van der Waals surface area contributed by atoms with Crippen LogP contribution in [0.2, 0.25) is 0 Å². The number of amides is 2. The molecule has 0 aromatic carbocycles. The van der Waals surface area contributed by atoms with Gasteiger partial charge in [0.05, 0.1) is 11.5 Å². The Labute approximate surface area is 152 Å². The molecule has 0 unspecified atom stereocenters. The van der Waals surface area contributed by atoms with Crippen molar-refractivity contribution in [2.45, 2.75) is 6.42 Å². The van der Waals surface area contributed by atoms with Crippen molar-refractivity contribution in [2.24, 2.45) is 0 Å². The third kappa shape index (κ3) is 4.19. The SMILES string of the molecule is CN(C)CC#CC(=O)N1CCN(c2ccc(C3=CCC=C3)s2)C(=O)C1. The van der Waals surface area contributed by atoms with Gasteiger partial charge >= 0.3 is 0 Å². The Kier molecular flexibility index (Phi) is 5.37. The van der Waals surface area contributed by atoms with E-state index in [1.54, 1.807) is 16.2 Å². The van der Waals surface area contributed by atoms with E-state index in [2.05, 4.69) is 36.1 Å². The van der Waals surface area contributed by atoms with Gasteiger partial charge in [-0.1, -0.05) is 24.1 Å². The van der Waals surface area contributed by atoms with Crippen molar-refractivity contribution in [3.63, 3.8) is 0 Å². The van der Waals surface area contributed by atoms with Gasteiger partial charge in [-0.15, -0.1) is 11.3 Å². The summed E-state index contributed by atoms with van der Waals surface area (Å²) in [6.07, 6.45) is 7.39. The highest BCUT2D eigenvalue weighted by atomic mass is 32.1. The van der Waals surface area contributed by atoms with Gasteiger partial charge in [0.15, 0.2) is 0 Å². The van der Waals surface area contributed by atoms with Gasteiger partial charge in [-0.05, 0) is 44.1 Å². The Hall–Kier alpha value is -2.36. The highest BCUT2D eigenvalue weighted by molar-refractivity contribution is 7.17. The minimum Gasteiger partial charge on any atom is -0.321 e. The lowest BCUT2D eigenvalue weighted by Crippen LogP contribution is -2.52. The fourth-order valence-electron chi connectivity index (χ4n) is 2.70. The van der Waals surface area contributed by atoms with Crippen molar-refractivity contribution < 1.29 is 9.59 Å². The average molecular weight is 355 g/mol. The van der Waals surface area contributed by atoms with Crippen LogP contribution in [0.25, 0.3) is 5.57 Å². The minimum absolute atomic E-state index is 0.0571. The van der Waals surface area contributed by atoms with Crippen LogP contribution < -0.4 is 4.90 Å². The number of allylic oxidation sites excluding steroid dienone is 4. The van der Waals surface area contributed by atoms with E-state index in [1.165, 1.54) is 15.4 Å². The van der Waals surface area contributed by atoms with Gasteiger partial charge in [0.1, 0.15) is 6.54 Å². The van der Waals surface area contributed by atoms with Crippen LogP contribution >= 0.6 is 11.3 Å². The average Bonchev–Trinajstić information content (AvgIpc) is 3.25. The molecule has 0 N–H and O–H groups in total. The summed E-state index contributed by atoms with van der Waals surface area (Å²) in [6.45, 7) is 1.64. The molecular formula is C19H21N3O2S. The molecule has 1 aromatic heterocycles. The smallest absolute Gasteiger partial charge is 0.299 e. The van der Waals surface area contributed by atoms with E-state index in [4.69, 9.17) is 0 Å². The minimum atomic E-state index is -0.275. The van der Waals surface area contributed by atoms with E-state index < -0.39 is 0 Å². The van der Waals surface area contributed by atoms with Crippen molar-refractivity contribution in [1.29, 1.82) is 0 Å². The summed E-state index contributed by atoms with van der Waals surface area (Å²) >= 11 is 1.62. The summed E-state index contributed by atoms with van der Waals surface area (Å²) in [5, 5.41) is 0.937. The Morgan fingerprint density at radius 3 is 2.84 bits per heavy atom. The van der Waals surface area contributed by atoms with Crippen molar-refractivity contribution >= 4 is 33.7 Å². The maximum absolute atomic E-state index is 12.5. The highest BCUT2D eigenvalue weighted by Gasteiger charge is 2.28. The highest BCUT2D eigenvalue weighted by Crippen LogP contribution is 2.33. The maximum atomic E-state index is 12.5. The van der Waals surface area contributed by atoms with E-state index in [0.29, 0.717) is 19.6 Å². The van der Waals surface area contributed by atoms with Crippen molar-refractivity contribution in [3.05, 3.63) is 35.2 Å². The van der Waals surface area contributed by atoms with Crippen LogP contribution in [0.4, 0.5) is 5.00 Å². The molecule has 3 rings (SSSR count). The van der Waals surface area contributed by atoms with E-state index >= 15 is 0 Å². The summed E-state index contributed by atoms with van der Waals surface area (Å²) in [5.74, 6) is 5.10. The first-order chi connectivity index (χ1) is 12.0. The van der Waals surface area contributed by atoms with Crippen LogP contribution in [0.15, 0.2) is 30.4 Å². The van der Waals surface area contributed by atoms with Gasteiger partial charge in [0.25, 0.3) is 5.91 Å². The fourth-order valence-corrected chi connectivity index (χ4v) is 3.77. The monoisotopic (exact) mass is 355 g/mol. The molecule has 1 saturated heterocycles. The molecule has 0 atom stereocenters. The first kappa shape index (κ1) is 17.5. The number of carbonyl (C=O) groups excluding carboxylic acids is 2. The standard InChI is InChI=1S/C19H21N3O2S/c1-20(2)11-5-8-17(23)21-12-13-22(18(24)14-21)19-10-9-16(25-19)15-6-3-4-7-15/h3,6-7,9-10H,4,11-14H2,1-2H3. The van der Waals surface area contributed by atoms with Crippen LogP contribution in [-0.4, -0.2) is 61.9 Å². The van der Waals surface area contributed by atoms with E-state index in [9.17, 15) is 9.59 Å². The molecule has 6 heteroatoms. The zero-order chi connectivity index (χ0) is 17.8. The quantitative estimate of drug-likeness (QED) is 0.777. The molecule has 1 fully saturated rings. The van der Waals surface area contributed by atoms with E-state index in [-0.39, 0.29) is 18.4 Å². The van der Waals surface area contributed by atoms with Crippen LogP contribution in [0.3, 0.4) is 0 Å². The zero-order valence-corrected chi connectivity index (χ0v) is 15.3. The molecule has 0 spiro atoms. The van der Waals surface area contributed by atoms with Crippen LogP contribution in [-0.2, 0) is 9.59 Å². The van der Waals surface area contributed by atoms with Gasteiger partial charge in [0, 0.05) is 18.0 Å². The number of hydrogen-bond donors (Lipinski definition) is 0. The predicted octanol–water partition coefficient (Wildman–Crippen LogP) is 1.83. The Morgan fingerprint density at radius 1 is 1.32 bits per heavy atom. The Balaban J connectivity index is 1.62. The number of hydrogen-bond acceptors (Lipinski definition) is 4. The predicted molar refractivity (Wildman–Crippen MR) is 101 cm³/mol. The van der Waals surface area contributed by atoms with Gasteiger partial charge in [0.2, 0.25) is 5.91 Å². The molecule has 1 aliphatic heterocycles. The molecule has 25 heavy (non-hydrogen) atoms. The summed E-state index contributed by atoms with van der Waals surface area (Å²) in [6, 6.07) is 4.04. The van der Waals surface area contributed by atoms with E-state index in [1.807, 2.05) is 25.1 Å². The van der Waals surface area contributed by atoms with Gasteiger partial charge in [-0.25, -0.2) is 0 Å². The second-order valence-electron chi connectivity index (χ2n) is 6.25. The van der Waals surface area contributed by atoms with Crippen LogP contribution in [0.1, 0.15) is 11.3 Å². The molecule has 130 valence electrons. The molecule has 2 heterocycles. The zero-order valence-electron chi connectivity index (χ0n) is 14.5. The molecule has 0 saturated carbocycles. The third-order valence-corrected chi connectivity index (χ3v) is 5.17. The van der Waals surface area contributed by atoms with Gasteiger partial charge in [-0.2, -0.15) is 0 Å². The summed E-state index contributed by atoms with van der Waals surface area (Å²) in [7, 11) is 3.79. The lowest BCUT2D eigenvalue weighted by Gasteiger charge is -2.32. The van der Waals surface area contributed by atoms with Crippen molar-refractivity contribution in [3.8, 4) is 11.8 Å². The molecule has 1 aromatic rings. The van der Waals surface area contributed by atoms with Crippen molar-refractivity contribution in [2.75, 3.05) is 45.2 Å². The number of rotatable bonds is 3. The number of anilines is 1. The van der Waals surface area contributed by atoms with Crippen LogP contribution in [0, 0.1) is 11.8 Å². The summed E-state index contributed by atoms with van der Waals surface area (Å²) in [4.78, 5) is 30.9. The number of nitrogens with zero attached hydrogens (tertiary/aromatic N) is 3. The molecule has 0 radical (unpaired) electrons. The summed E-state index contributed by atoms with van der Waals surface area (Å²) < 4.78 is 0. The molecule has 0 bridgehead atoms.